The van der Waals surface area contributed by atoms with Gasteiger partial charge >= 0.3 is 5.97 Å². The van der Waals surface area contributed by atoms with Crippen molar-refractivity contribution in [1.29, 1.82) is 0 Å². The zero-order valence-corrected chi connectivity index (χ0v) is 18.3. The predicted molar refractivity (Wildman–Crippen MR) is 119 cm³/mol. The molecule has 0 bridgehead atoms. The molecule has 0 radical (unpaired) electrons. The van der Waals surface area contributed by atoms with E-state index < -0.39 is 33.6 Å². The number of nitrogens with two attached hydrogens (primary N) is 1. The lowest BCUT2D eigenvalue weighted by molar-refractivity contribution is -0.122. The summed E-state index contributed by atoms with van der Waals surface area (Å²) < 4.78 is 32.4. The summed E-state index contributed by atoms with van der Waals surface area (Å²) in [5.74, 6) is -1.79. The molecule has 3 aromatic rings. The van der Waals surface area contributed by atoms with Gasteiger partial charge in [0.2, 0.25) is 10.9 Å². The molecule has 1 amide bonds. The first-order chi connectivity index (χ1) is 15.1. The van der Waals surface area contributed by atoms with E-state index in [0.29, 0.717) is 5.69 Å². The van der Waals surface area contributed by atoms with Crippen LogP contribution in [0.15, 0.2) is 76.2 Å². The van der Waals surface area contributed by atoms with Crippen molar-refractivity contribution in [3.63, 3.8) is 0 Å². The maximum atomic E-state index is 12.7. The number of amides is 1. The number of nitrogens with one attached hydrogen (secondary N) is 1. The summed E-state index contributed by atoms with van der Waals surface area (Å²) in [4.78, 5) is 26.4. The summed E-state index contributed by atoms with van der Waals surface area (Å²) in [6.07, 6.45) is 0. The van der Waals surface area contributed by atoms with E-state index >= 15 is 0 Å². The van der Waals surface area contributed by atoms with Crippen LogP contribution in [0.5, 0.6) is 0 Å². The predicted octanol–water partition coefficient (Wildman–Crippen LogP) is 3.27. The number of anilines is 3. The number of rotatable bonds is 8. The molecule has 168 valence electrons. The molecule has 3 N–H and O–H groups in total. The fourth-order valence-electron chi connectivity index (χ4n) is 2.97. The van der Waals surface area contributed by atoms with Crippen molar-refractivity contribution >= 4 is 39.0 Å². The first-order valence-corrected chi connectivity index (χ1v) is 11.2. The second kappa shape index (κ2) is 9.67. The van der Waals surface area contributed by atoms with E-state index in [-0.39, 0.29) is 11.8 Å². The summed E-state index contributed by atoms with van der Waals surface area (Å²) in [5.41, 5.74) is 2.42. The monoisotopic (exact) mass is 457 g/mol. The standard InChI is InChI=1S/C22H23N3O6S/c1-15(2)25(18-10-8-17(9-11-18)24-16-6-4-3-5-7-16)20(26)14-30-22(27)19-12-13-21(31-19)32(23,28)29/h3-13,15,24H,14H2,1-2H3,(H2,23,28,29). The first-order valence-electron chi connectivity index (χ1n) is 9.69. The van der Waals surface area contributed by atoms with Crippen LogP contribution in [0.2, 0.25) is 0 Å². The lowest BCUT2D eigenvalue weighted by atomic mass is 10.2. The van der Waals surface area contributed by atoms with Gasteiger partial charge in [-0.25, -0.2) is 18.4 Å². The average Bonchev–Trinajstić information content (AvgIpc) is 3.25. The molecule has 3 rings (SSSR count). The second-order valence-corrected chi connectivity index (χ2v) is 8.63. The molecule has 0 aliphatic carbocycles. The molecular weight excluding hydrogens is 434 g/mol. The van der Waals surface area contributed by atoms with Gasteiger partial charge in [-0.3, -0.25) is 4.79 Å². The molecule has 0 unspecified atom stereocenters. The minimum Gasteiger partial charge on any atom is -0.450 e. The van der Waals surface area contributed by atoms with Crippen LogP contribution >= 0.6 is 0 Å². The number of carbonyl (C=O) groups excluding carboxylic acids is 2. The molecule has 0 atom stereocenters. The van der Waals surface area contributed by atoms with Gasteiger partial charge in [-0.2, -0.15) is 0 Å². The fraction of sp³-hybridized carbons (Fsp3) is 0.182. The number of sulfonamides is 1. The Bertz CT molecular complexity index is 1190. The largest absolute Gasteiger partial charge is 0.450 e. The summed E-state index contributed by atoms with van der Waals surface area (Å²) in [7, 11) is -4.09. The molecule has 0 spiro atoms. The van der Waals surface area contributed by atoms with Gasteiger partial charge in [0.05, 0.1) is 0 Å². The Kier molecular flexibility index (Phi) is 6.96. The quantitative estimate of drug-likeness (QED) is 0.496. The molecule has 0 saturated carbocycles. The highest BCUT2D eigenvalue weighted by molar-refractivity contribution is 7.89. The lowest BCUT2D eigenvalue weighted by Gasteiger charge is -2.27. The zero-order valence-electron chi connectivity index (χ0n) is 17.5. The highest BCUT2D eigenvalue weighted by atomic mass is 32.2. The van der Waals surface area contributed by atoms with E-state index in [9.17, 15) is 18.0 Å². The molecule has 1 aromatic heterocycles. The molecule has 32 heavy (non-hydrogen) atoms. The topological polar surface area (TPSA) is 132 Å². The normalized spacial score (nSPS) is 11.2. The maximum absolute atomic E-state index is 12.7. The number of primary sulfonamides is 1. The zero-order chi connectivity index (χ0) is 23.3. The average molecular weight is 458 g/mol. The Balaban J connectivity index is 1.65. The smallest absolute Gasteiger partial charge is 0.374 e. The number of benzene rings is 2. The van der Waals surface area contributed by atoms with E-state index in [4.69, 9.17) is 14.3 Å². The van der Waals surface area contributed by atoms with Gasteiger partial charge in [-0.15, -0.1) is 0 Å². The molecule has 1 heterocycles. The SMILES string of the molecule is CC(C)N(C(=O)COC(=O)c1ccc(S(N)(=O)=O)o1)c1ccc(Nc2ccccc2)cc1. The van der Waals surface area contributed by atoms with Gasteiger partial charge in [0.15, 0.2) is 6.61 Å². The van der Waals surface area contributed by atoms with Crippen LogP contribution in [-0.4, -0.2) is 32.9 Å². The van der Waals surface area contributed by atoms with Crippen molar-refractivity contribution in [1.82, 2.24) is 0 Å². The summed E-state index contributed by atoms with van der Waals surface area (Å²) in [6.45, 7) is 3.12. The van der Waals surface area contributed by atoms with Crippen LogP contribution in [0.4, 0.5) is 17.1 Å². The van der Waals surface area contributed by atoms with Crippen molar-refractivity contribution < 1.29 is 27.2 Å². The molecule has 0 saturated heterocycles. The third kappa shape index (κ3) is 5.74. The summed E-state index contributed by atoms with van der Waals surface area (Å²) in [6, 6.07) is 18.9. The number of nitrogens with zero attached hydrogens (tertiary/aromatic N) is 1. The van der Waals surface area contributed by atoms with Crippen molar-refractivity contribution in [2.45, 2.75) is 25.0 Å². The molecule has 0 aliphatic rings. The minimum atomic E-state index is -4.09. The molecule has 9 nitrogen and oxygen atoms in total. The third-order valence-corrected chi connectivity index (χ3v) is 5.16. The molecule has 0 aliphatic heterocycles. The molecule has 0 fully saturated rings. The first kappa shape index (κ1) is 23.0. The van der Waals surface area contributed by atoms with Crippen LogP contribution in [0, 0.1) is 0 Å². The van der Waals surface area contributed by atoms with Crippen LogP contribution in [0.25, 0.3) is 0 Å². The van der Waals surface area contributed by atoms with E-state index in [1.54, 1.807) is 12.1 Å². The van der Waals surface area contributed by atoms with Crippen LogP contribution in [0.1, 0.15) is 24.4 Å². The van der Waals surface area contributed by atoms with Gasteiger partial charge in [0.1, 0.15) is 0 Å². The number of esters is 1. The number of carbonyl (C=O) groups is 2. The van der Waals surface area contributed by atoms with Crippen molar-refractivity contribution in [2.24, 2.45) is 5.14 Å². The Morgan fingerprint density at radius 3 is 2.19 bits per heavy atom. The lowest BCUT2D eigenvalue weighted by Crippen LogP contribution is -2.39. The molecule has 2 aromatic carbocycles. The van der Waals surface area contributed by atoms with Crippen LogP contribution in [-0.2, 0) is 19.6 Å². The van der Waals surface area contributed by atoms with Gasteiger partial charge in [-0.1, -0.05) is 18.2 Å². The van der Waals surface area contributed by atoms with Crippen molar-refractivity contribution in [3.05, 3.63) is 72.5 Å². The maximum Gasteiger partial charge on any atom is 0.374 e. The molecule has 10 heteroatoms. The van der Waals surface area contributed by atoms with Crippen molar-refractivity contribution in [3.8, 4) is 0 Å². The van der Waals surface area contributed by atoms with E-state index in [0.717, 1.165) is 23.5 Å². The van der Waals surface area contributed by atoms with Gasteiger partial charge in [0.25, 0.3) is 15.9 Å². The van der Waals surface area contributed by atoms with E-state index in [2.05, 4.69) is 5.32 Å². The van der Waals surface area contributed by atoms with Gasteiger partial charge in [0, 0.05) is 23.1 Å². The number of hydrogen-bond donors (Lipinski definition) is 2. The Morgan fingerprint density at radius 1 is 1.00 bits per heavy atom. The minimum absolute atomic E-state index is 0.202. The fourth-order valence-corrected chi connectivity index (χ4v) is 3.44. The number of furan rings is 1. The summed E-state index contributed by atoms with van der Waals surface area (Å²) >= 11 is 0. The number of ether oxygens (including phenoxy) is 1. The van der Waals surface area contributed by atoms with Gasteiger partial charge < -0.3 is 19.4 Å². The van der Waals surface area contributed by atoms with Crippen molar-refractivity contribution in [2.75, 3.05) is 16.8 Å². The Hall–Kier alpha value is -3.63. The van der Waals surface area contributed by atoms with Crippen LogP contribution < -0.4 is 15.4 Å². The Labute approximate surface area is 185 Å². The highest BCUT2D eigenvalue weighted by Crippen LogP contribution is 2.23. The third-order valence-electron chi connectivity index (χ3n) is 4.38. The Morgan fingerprint density at radius 2 is 1.62 bits per heavy atom. The van der Waals surface area contributed by atoms with Gasteiger partial charge in [-0.05, 0) is 62.4 Å². The van der Waals surface area contributed by atoms with Crippen LogP contribution in [0.3, 0.4) is 0 Å². The second-order valence-electron chi connectivity index (χ2n) is 7.14. The number of para-hydroxylation sites is 1. The van der Waals surface area contributed by atoms with E-state index in [1.807, 2.05) is 56.3 Å². The number of hydrogen-bond acceptors (Lipinski definition) is 7. The highest BCUT2D eigenvalue weighted by Gasteiger charge is 2.23. The van der Waals surface area contributed by atoms with E-state index in [1.165, 1.54) is 4.90 Å². The summed E-state index contributed by atoms with van der Waals surface area (Å²) in [5, 5.41) is 7.64. The molecular formula is C22H23N3O6S.